The molecule has 1 amide bonds. The van der Waals surface area contributed by atoms with E-state index in [2.05, 4.69) is 0 Å². The second kappa shape index (κ2) is 8.60. The van der Waals surface area contributed by atoms with Gasteiger partial charge in [0.1, 0.15) is 5.82 Å². The Labute approximate surface area is 162 Å². The lowest BCUT2D eigenvalue weighted by Crippen LogP contribution is -2.49. The number of amides is 1. The monoisotopic (exact) mass is 396 g/mol. The number of ether oxygens (including phenoxy) is 1. The van der Waals surface area contributed by atoms with Gasteiger partial charge in [0.25, 0.3) is 0 Å². The van der Waals surface area contributed by atoms with Crippen molar-refractivity contribution in [3.8, 4) is 0 Å². The van der Waals surface area contributed by atoms with Crippen LogP contribution in [-0.2, 0) is 11.2 Å². The normalized spacial score (nSPS) is 14.4. The van der Waals surface area contributed by atoms with Crippen molar-refractivity contribution in [2.75, 3.05) is 37.7 Å². The van der Waals surface area contributed by atoms with Crippen molar-refractivity contribution < 1.29 is 13.9 Å². The number of rotatable bonds is 4. The Balaban J connectivity index is 1.46. The van der Waals surface area contributed by atoms with Crippen molar-refractivity contribution in [3.05, 3.63) is 63.9 Å². The Morgan fingerprint density at radius 1 is 1.08 bits per heavy atom. The molecule has 0 bridgehead atoms. The lowest BCUT2D eigenvalue weighted by molar-refractivity contribution is 0.101. The zero-order valence-electron chi connectivity index (χ0n) is 14.1. The average Bonchev–Trinajstić information content (AvgIpc) is 2.64. The second-order valence-electron chi connectivity index (χ2n) is 6.03. The molecule has 1 aliphatic heterocycles. The Hall–Kier alpha value is -1.98. The second-order valence-corrected chi connectivity index (χ2v) is 6.87. The van der Waals surface area contributed by atoms with Gasteiger partial charge in [-0.3, -0.25) is 0 Å². The van der Waals surface area contributed by atoms with E-state index >= 15 is 0 Å². The summed E-state index contributed by atoms with van der Waals surface area (Å²) in [4.78, 5) is 15.8. The van der Waals surface area contributed by atoms with Gasteiger partial charge in [-0.25, -0.2) is 9.18 Å². The molecule has 4 nitrogen and oxygen atoms in total. The number of carbonyl (C=O) groups excluding carboxylic acids is 1. The Bertz CT molecular complexity index is 780. The summed E-state index contributed by atoms with van der Waals surface area (Å²) in [6.45, 7) is 2.37. The molecule has 2 aromatic rings. The summed E-state index contributed by atoms with van der Waals surface area (Å²) in [5.74, 6) is -0.247. The fourth-order valence-corrected chi connectivity index (χ4v) is 3.41. The van der Waals surface area contributed by atoms with Crippen molar-refractivity contribution in [3.63, 3.8) is 0 Å². The first-order valence-electron chi connectivity index (χ1n) is 8.39. The van der Waals surface area contributed by atoms with E-state index in [1.54, 1.807) is 35.2 Å². The van der Waals surface area contributed by atoms with Gasteiger partial charge in [-0.15, -0.1) is 0 Å². The molecule has 3 rings (SSSR count). The summed E-state index contributed by atoms with van der Waals surface area (Å²) in [5, 5.41) is 1.13. The zero-order valence-corrected chi connectivity index (χ0v) is 15.6. The summed E-state index contributed by atoms with van der Waals surface area (Å²) in [7, 11) is 0. The highest BCUT2D eigenvalue weighted by atomic mass is 35.5. The quantitative estimate of drug-likeness (QED) is 0.754. The van der Waals surface area contributed by atoms with E-state index < -0.39 is 0 Å². The molecule has 1 aliphatic rings. The van der Waals surface area contributed by atoms with Crippen LogP contribution in [0, 0.1) is 5.82 Å². The number of piperazine rings is 1. The third-order valence-corrected chi connectivity index (χ3v) is 4.93. The van der Waals surface area contributed by atoms with Crippen molar-refractivity contribution in [1.82, 2.24) is 4.90 Å². The maximum absolute atomic E-state index is 13.8. The lowest BCUT2D eigenvalue weighted by Gasteiger charge is -2.35. The maximum Gasteiger partial charge on any atom is 0.409 e. The molecule has 0 spiro atoms. The topological polar surface area (TPSA) is 32.8 Å². The molecule has 0 N–H and O–H groups in total. The zero-order chi connectivity index (χ0) is 18.5. The van der Waals surface area contributed by atoms with Crippen LogP contribution in [0.5, 0.6) is 0 Å². The Morgan fingerprint density at radius 3 is 2.50 bits per heavy atom. The summed E-state index contributed by atoms with van der Waals surface area (Å²) in [6.07, 6.45) is 0.167. The van der Waals surface area contributed by atoms with Gasteiger partial charge in [0.2, 0.25) is 0 Å². The number of benzene rings is 2. The maximum atomic E-state index is 13.8. The van der Waals surface area contributed by atoms with Crippen LogP contribution in [0.1, 0.15) is 5.56 Å². The molecule has 0 atom stereocenters. The number of hydrogen-bond donors (Lipinski definition) is 0. The largest absolute Gasteiger partial charge is 0.449 e. The molecule has 0 unspecified atom stereocenters. The minimum atomic E-state index is -0.358. The van der Waals surface area contributed by atoms with E-state index in [4.69, 9.17) is 27.9 Å². The van der Waals surface area contributed by atoms with Gasteiger partial charge in [0, 0.05) is 42.6 Å². The van der Waals surface area contributed by atoms with Crippen LogP contribution < -0.4 is 4.90 Å². The first kappa shape index (κ1) is 18.8. The summed E-state index contributed by atoms with van der Waals surface area (Å²) >= 11 is 12.0. The average molecular weight is 397 g/mol. The highest BCUT2D eigenvalue weighted by molar-refractivity contribution is 6.35. The Morgan fingerprint density at radius 2 is 1.81 bits per heavy atom. The summed E-state index contributed by atoms with van der Waals surface area (Å²) in [5.41, 5.74) is 1.45. The van der Waals surface area contributed by atoms with Gasteiger partial charge in [-0.1, -0.05) is 41.4 Å². The first-order chi connectivity index (χ1) is 12.5. The van der Waals surface area contributed by atoms with Gasteiger partial charge < -0.3 is 14.5 Å². The van der Waals surface area contributed by atoms with E-state index in [1.165, 1.54) is 6.07 Å². The van der Waals surface area contributed by atoms with Crippen molar-refractivity contribution in [2.24, 2.45) is 0 Å². The van der Waals surface area contributed by atoms with Crippen molar-refractivity contribution in [2.45, 2.75) is 6.42 Å². The molecule has 26 heavy (non-hydrogen) atoms. The lowest BCUT2D eigenvalue weighted by atomic mass is 10.2. The number of anilines is 1. The van der Waals surface area contributed by atoms with Crippen LogP contribution in [0.3, 0.4) is 0 Å². The Kier molecular flexibility index (Phi) is 6.22. The third kappa shape index (κ3) is 4.59. The standard InChI is InChI=1S/C19H19Cl2FN2O2/c20-15-6-5-14(16(21)13-15)7-12-26-19(25)24-10-8-23(9-11-24)18-4-2-1-3-17(18)22/h1-6,13H,7-12H2. The smallest absolute Gasteiger partial charge is 0.409 e. The predicted molar refractivity (Wildman–Crippen MR) is 102 cm³/mol. The number of para-hydroxylation sites is 1. The molecule has 0 aromatic heterocycles. The molecule has 1 heterocycles. The van der Waals surface area contributed by atoms with Crippen LogP contribution in [0.15, 0.2) is 42.5 Å². The molecule has 1 fully saturated rings. The first-order valence-corrected chi connectivity index (χ1v) is 9.15. The number of hydrogen-bond acceptors (Lipinski definition) is 3. The van der Waals surface area contributed by atoms with Gasteiger partial charge in [0.15, 0.2) is 0 Å². The summed E-state index contributed by atoms with van der Waals surface area (Å²) < 4.78 is 19.2. The molecule has 1 saturated heterocycles. The number of carbonyl (C=O) groups is 1. The molecule has 2 aromatic carbocycles. The molecule has 7 heteroatoms. The van der Waals surface area contributed by atoms with E-state index in [-0.39, 0.29) is 18.5 Å². The minimum absolute atomic E-state index is 0.244. The minimum Gasteiger partial charge on any atom is -0.449 e. The highest BCUT2D eigenvalue weighted by Crippen LogP contribution is 2.22. The number of halogens is 3. The van der Waals surface area contributed by atoms with Crippen LogP contribution in [0.4, 0.5) is 14.9 Å². The highest BCUT2D eigenvalue weighted by Gasteiger charge is 2.23. The van der Waals surface area contributed by atoms with E-state index in [9.17, 15) is 9.18 Å². The van der Waals surface area contributed by atoms with Crippen LogP contribution in [-0.4, -0.2) is 43.8 Å². The van der Waals surface area contributed by atoms with Crippen LogP contribution in [0.2, 0.25) is 10.0 Å². The van der Waals surface area contributed by atoms with E-state index in [0.717, 1.165) is 5.56 Å². The molecular formula is C19H19Cl2FN2O2. The van der Waals surface area contributed by atoms with Crippen LogP contribution in [0.25, 0.3) is 0 Å². The molecule has 138 valence electrons. The van der Waals surface area contributed by atoms with Gasteiger partial charge in [-0.05, 0) is 29.8 Å². The SMILES string of the molecule is O=C(OCCc1ccc(Cl)cc1Cl)N1CCN(c2ccccc2F)CC1. The fraction of sp³-hybridized carbons (Fsp3) is 0.316. The van der Waals surface area contributed by atoms with E-state index in [1.807, 2.05) is 11.0 Å². The predicted octanol–water partition coefficient (Wildman–Crippen LogP) is 4.63. The van der Waals surface area contributed by atoms with Gasteiger partial charge in [0.05, 0.1) is 12.3 Å². The van der Waals surface area contributed by atoms with Crippen LogP contribution >= 0.6 is 23.2 Å². The van der Waals surface area contributed by atoms with Crippen molar-refractivity contribution in [1.29, 1.82) is 0 Å². The molecular weight excluding hydrogens is 378 g/mol. The van der Waals surface area contributed by atoms with Gasteiger partial charge >= 0.3 is 6.09 Å². The summed E-state index contributed by atoms with van der Waals surface area (Å²) in [6, 6.07) is 11.9. The van der Waals surface area contributed by atoms with Crippen molar-refractivity contribution >= 4 is 35.0 Å². The fourth-order valence-electron chi connectivity index (χ4n) is 2.90. The molecule has 0 radical (unpaired) electrons. The molecule has 0 saturated carbocycles. The van der Waals surface area contributed by atoms with E-state index in [0.29, 0.717) is 48.3 Å². The molecule has 0 aliphatic carbocycles. The van der Waals surface area contributed by atoms with Gasteiger partial charge in [-0.2, -0.15) is 0 Å². The third-order valence-electron chi connectivity index (χ3n) is 4.34. The number of nitrogens with zero attached hydrogens (tertiary/aromatic N) is 2.